The molecule has 1 saturated heterocycles. The summed E-state index contributed by atoms with van der Waals surface area (Å²) in [6, 6.07) is 13.2. The van der Waals surface area contributed by atoms with Gasteiger partial charge in [-0.15, -0.1) is 0 Å². The van der Waals surface area contributed by atoms with Gasteiger partial charge in [-0.1, -0.05) is 24.3 Å². The molecule has 0 aliphatic carbocycles. The minimum atomic E-state index is -0.542. The first-order chi connectivity index (χ1) is 15.1. The lowest BCUT2D eigenvalue weighted by atomic mass is 10.1. The monoisotopic (exact) mass is 414 g/mol. The van der Waals surface area contributed by atoms with Gasteiger partial charge in [-0.25, -0.2) is 0 Å². The van der Waals surface area contributed by atoms with Crippen LogP contribution in [0.5, 0.6) is 0 Å². The van der Waals surface area contributed by atoms with Crippen LogP contribution in [0.4, 0.5) is 11.4 Å². The zero-order valence-corrected chi connectivity index (χ0v) is 17.9. The molecule has 2 amide bonds. The molecule has 2 aliphatic heterocycles. The van der Waals surface area contributed by atoms with E-state index < -0.39 is 6.04 Å². The van der Waals surface area contributed by atoms with Gasteiger partial charge in [-0.05, 0) is 49.4 Å². The van der Waals surface area contributed by atoms with Crippen molar-refractivity contribution in [2.24, 2.45) is 0 Å². The van der Waals surface area contributed by atoms with Gasteiger partial charge in [-0.2, -0.15) is 0 Å². The highest BCUT2D eigenvalue weighted by Gasteiger charge is 2.37. The Morgan fingerprint density at radius 1 is 1.00 bits per heavy atom. The summed E-state index contributed by atoms with van der Waals surface area (Å²) in [6.07, 6.45) is 4.59. The molecule has 1 atom stereocenters. The number of rotatable bonds is 3. The maximum Gasteiger partial charge on any atom is 0.259 e. The molecular weight excluding hydrogens is 388 g/mol. The molecule has 31 heavy (non-hydrogen) atoms. The Morgan fingerprint density at radius 2 is 1.81 bits per heavy atom. The summed E-state index contributed by atoms with van der Waals surface area (Å²) in [5.74, 6) is -0.0806. The minimum Gasteiger partial charge on any atom is -0.369 e. The average Bonchev–Trinajstić information content (AvgIpc) is 2.94. The van der Waals surface area contributed by atoms with E-state index in [4.69, 9.17) is 0 Å². The molecular formula is C25H26N4O2. The van der Waals surface area contributed by atoms with Crippen LogP contribution < -0.4 is 9.80 Å². The number of carbonyl (C=O) groups excluding carboxylic acids is 2. The highest BCUT2D eigenvalue weighted by molar-refractivity contribution is 6.26. The molecule has 3 aromatic rings. The van der Waals surface area contributed by atoms with E-state index in [-0.39, 0.29) is 11.8 Å². The summed E-state index contributed by atoms with van der Waals surface area (Å²) in [6.45, 7) is 6.92. The van der Waals surface area contributed by atoms with Gasteiger partial charge >= 0.3 is 0 Å². The van der Waals surface area contributed by atoms with E-state index in [0.29, 0.717) is 18.7 Å². The smallest absolute Gasteiger partial charge is 0.259 e. The van der Waals surface area contributed by atoms with Gasteiger partial charge in [-0.3, -0.25) is 19.5 Å². The molecule has 158 valence electrons. The number of carbonyl (C=O) groups is 2. The second-order valence-corrected chi connectivity index (χ2v) is 8.36. The predicted octanol–water partition coefficient (Wildman–Crippen LogP) is 3.63. The summed E-state index contributed by atoms with van der Waals surface area (Å²) in [5, 5.41) is 1.98. The summed E-state index contributed by atoms with van der Waals surface area (Å²) in [4.78, 5) is 36.8. The van der Waals surface area contributed by atoms with E-state index in [1.807, 2.05) is 66.7 Å². The number of nitrogens with zero attached hydrogens (tertiary/aromatic N) is 4. The van der Waals surface area contributed by atoms with Crippen LogP contribution in [0.2, 0.25) is 0 Å². The van der Waals surface area contributed by atoms with Gasteiger partial charge < -0.3 is 9.80 Å². The van der Waals surface area contributed by atoms with Gasteiger partial charge in [0.05, 0.1) is 5.69 Å². The molecule has 3 heterocycles. The Morgan fingerprint density at radius 3 is 2.61 bits per heavy atom. The quantitative estimate of drug-likeness (QED) is 0.657. The first-order valence-electron chi connectivity index (χ1n) is 10.9. The molecule has 2 aromatic carbocycles. The third-order valence-corrected chi connectivity index (χ3v) is 6.48. The molecule has 1 fully saturated rings. The lowest BCUT2D eigenvalue weighted by molar-refractivity contribution is -0.131. The Hall–Kier alpha value is -3.41. The number of hydrogen-bond acceptors (Lipinski definition) is 4. The van der Waals surface area contributed by atoms with Crippen molar-refractivity contribution in [3.63, 3.8) is 0 Å². The molecule has 0 bridgehead atoms. The highest BCUT2D eigenvalue weighted by atomic mass is 16.2. The maximum atomic E-state index is 13.5. The maximum absolute atomic E-state index is 13.5. The van der Waals surface area contributed by atoms with Crippen molar-refractivity contribution in [3.8, 4) is 0 Å². The largest absolute Gasteiger partial charge is 0.369 e. The van der Waals surface area contributed by atoms with Gasteiger partial charge in [0.15, 0.2) is 0 Å². The van der Waals surface area contributed by atoms with E-state index >= 15 is 0 Å². The van der Waals surface area contributed by atoms with E-state index in [2.05, 4.69) is 16.8 Å². The molecule has 2 aliphatic rings. The fourth-order valence-electron chi connectivity index (χ4n) is 4.90. The van der Waals surface area contributed by atoms with Crippen LogP contribution in [-0.4, -0.2) is 53.9 Å². The lowest BCUT2D eigenvalue weighted by Gasteiger charge is -2.30. The molecule has 0 radical (unpaired) electrons. The Bertz CT molecular complexity index is 1170. The van der Waals surface area contributed by atoms with Crippen molar-refractivity contribution in [3.05, 3.63) is 66.0 Å². The van der Waals surface area contributed by atoms with Crippen molar-refractivity contribution < 1.29 is 9.59 Å². The first-order valence-corrected chi connectivity index (χ1v) is 10.9. The fourth-order valence-corrected chi connectivity index (χ4v) is 4.90. The van der Waals surface area contributed by atoms with Crippen LogP contribution in [0.25, 0.3) is 10.8 Å². The minimum absolute atomic E-state index is 0.00598. The van der Waals surface area contributed by atoms with Gasteiger partial charge in [0.25, 0.3) is 5.91 Å². The molecule has 5 rings (SSSR count). The summed E-state index contributed by atoms with van der Waals surface area (Å²) in [7, 11) is 0. The molecule has 1 unspecified atom stereocenters. The van der Waals surface area contributed by atoms with Gasteiger partial charge in [0.1, 0.15) is 6.04 Å². The Labute approximate surface area is 182 Å². The van der Waals surface area contributed by atoms with Crippen molar-refractivity contribution in [1.29, 1.82) is 0 Å². The fraction of sp³-hybridized carbons (Fsp3) is 0.320. The molecule has 0 saturated carbocycles. The van der Waals surface area contributed by atoms with Crippen LogP contribution >= 0.6 is 0 Å². The number of hydrogen-bond donors (Lipinski definition) is 0. The zero-order valence-electron chi connectivity index (χ0n) is 17.9. The molecule has 1 aromatic heterocycles. The van der Waals surface area contributed by atoms with Crippen molar-refractivity contribution in [2.75, 3.05) is 36.0 Å². The average molecular weight is 415 g/mol. The first kappa shape index (κ1) is 19.5. The van der Waals surface area contributed by atoms with Crippen molar-refractivity contribution in [2.45, 2.75) is 26.3 Å². The highest BCUT2D eigenvalue weighted by Crippen LogP contribution is 2.38. The van der Waals surface area contributed by atoms with Crippen LogP contribution in [0.3, 0.4) is 0 Å². The topological polar surface area (TPSA) is 56.8 Å². The lowest BCUT2D eigenvalue weighted by Crippen LogP contribution is -2.49. The normalized spacial score (nSPS) is 17.2. The number of aryl methyl sites for hydroxylation is 1. The van der Waals surface area contributed by atoms with E-state index in [1.54, 1.807) is 4.90 Å². The van der Waals surface area contributed by atoms with Gasteiger partial charge in [0, 0.05) is 55.2 Å². The summed E-state index contributed by atoms with van der Waals surface area (Å²) in [5.41, 5.74) is 3.84. The van der Waals surface area contributed by atoms with E-state index in [0.717, 1.165) is 41.5 Å². The van der Waals surface area contributed by atoms with Crippen molar-refractivity contribution >= 4 is 34.0 Å². The number of aromatic nitrogens is 1. The predicted molar refractivity (Wildman–Crippen MR) is 123 cm³/mol. The second-order valence-electron chi connectivity index (χ2n) is 8.36. The van der Waals surface area contributed by atoms with Crippen LogP contribution in [0.15, 0.2) is 54.9 Å². The molecule has 6 heteroatoms. The summed E-state index contributed by atoms with van der Waals surface area (Å²) >= 11 is 0. The van der Waals surface area contributed by atoms with Gasteiger partial charge in [0.2, 0.25) is 5.91 Å². The second kappa shape index (κ2) is 7.69. The number of amides is 2. The third-order valence-electron chi connectivity index (χ3n) is 6.48. The third kappa shape index (κ3) is 3.23. The standard InChI is InChI=1S/C25H26N4O2/c1-17-16-26-11-10-21(17)27-12-5-13-28(15-14-27)24(30)18(2)29-22-9-4-7-19-6-3-8-20(23(19)22)25(29)31/h3-4,6-11,16,18H,5,12-15H2,1-2H3. The van der Waals surface area contributed by atoms with Crippen molar-refractivity contribution in [1.82, 2.24) is 9.88 Å². The van der Waals surface area contributed by atoms with Crippen LogP contribution in [-0.2, 0) is 4.79 Å². The summed E-state index contributed by atoms with van der Waals surface area (Å²) < 4.78 is 0. The molecule has 6 nitrogen and oxygen atoms in total. The number of anilines is 2. The zero-order chi connectivity index (χ0) is 21.5. The van der Waals surface area contributed by atoms with E-state index in [1.165, 1.54) is 5.69 Å². The Balaban J connectivity index is 1.36. The molecule has 0 N–H and O–H groups in total. The number of pyridine rings is 1. The van der Waals surface area contributed by atoms with E-state index in [9.17, 15) is 9.59 Å². The van der Waals surface area contributed by atoms with Crippen LogP contribution in [0.1, 0.15) is 29.3 Å². The Kier molecular flexibility index (Phi) is 4.85. The molecule has 0 spiro atoms. The SMILES string of the molecule is Cc1cnccc1N1CCCN(C(=O)C(C)N2C(=O)c3cccc4cccc2c34)CC1. The number of benzene rings is 2. The van der Waals surface area contributed by atoms with Crippen LogP contribution in [0, 0.1) is 6.92 Å².